The van der Waals surface area contributed by atoms with Crippen molar-refractivity contribution in [1.82, 2.24) is 0 Å². The molecule has 0 aliphatic carbocycles. The van der Waals surface area contributed by atoms with Crippen LogP contribution in [0.1, 0.15) is 28.8 Å². The molecule has 0 saturated carbocycles. The zero-order valence-electron chi connectivity index (χ0n) is 14.4. The van der Waals surface area contributed by atoms with Crippen molar-refractivity contribution in [3.63, 3.8) is 0 Å². The number of carbonyl (C=O) groups is 3. The lowest BCUT2D eigenvalue weighted by atomic mass is 10.2. The Bertz CT molecular complexity index is 877. The van der Waals surface area contributed by atoms with Crippen molar-refractivity contribution in [2.75, 3.05) is 0 Å². The highest BCUT2D eigenvalue weighted by Gasteiger charge is 2.15. The van der Waals surface area contributed by atoms with Crippen LogP contribution in [-0.2, 0) is 21.0 Å². The molecule has 0 bridgehead atoms. The topological polar surface area (TPSA) is 142 Å². The van der Waals surface area contributed by atoms with E-state index in [1.54, 1.807) is 0 Å². The quantitative estimate of drug-likeness (QED) is 0.296. The maximum absolute atomic E-state index is 11.8. The molecular weight excluding hydrogens is 374 g/mol. The zero-order valence-corrected chi connectivity index (χ0v) is 14.4. The number of hydrogen-bond donors (Lipinski definition) is 1. The molecule has 0 aliphatic rings. The molecule has 146 valence electrons. The summed E-state index contributed by atoms with van der Waals surface area (Å²) >= 11 is 0. The molecule has 28 heavy (non-hydrogen) atoms. The fourth-order valence-electron chi connectivity index (χ4n) is 2.07. The highest BCUT2D eigenvalue weighted by atomic mass is 16.9. The van der Waals surface area contributed by atoms with Crippen molar-refractivity contribution in [2.45, 2.75) is 19.4 Å². The predicted molar refractivity (Wildman–Crippen MR) is 92.1 cm³/mol. The number of para-hydroxylation sites is 1. The van der Waals surface area contributed by atoms with Crippen molar-refractivity contribution in [1.29, 1.82) is 0 Å². The zero-order chi connectivity index (χ0) is 20.5. The van der Waals surface area contributed by atoms with Crippen LogP contribution in [0.3, 0.4) is 0 Å². The number of benzene rings is 2. The van der Waals surface area contributed by atoms with Crippen molar-refractivity contribution >= 4 is 17.9 Å². The normalized spacial score (nSPS) is 10.0. The molecule has 1 N–H and O–H groups in total. The van der Waals surface area contributed by atoms with Gasteiger partial charge in [0.2, 0.25) is 0 Å². The van der Waals surface area contributed by atoms with E-state index < -0.39 is 23.0 Å². The van der Waals surface area contributed by atoms with Gasteiger partial charge in [-0.05, 0) is 29.8 Å². The van der Waals surface area contributed by atoms with E-state index in [-0.39, 0.29) is 36.5 Å². The molecule has 0 amide bonds. The van der Waals surface area contributed by atoms with Crippen LogP contribution in [0.25, 0.3) is 0 Å². The molecule has 0 saturated heterocycles. The highest BCUT2D eigenvalue weighted by molar-refractivity contribution is 5.92. The van der Waals surface area contributed by atoms with E-state index in [0.29, 0.717) is 5.56 Å². The third kappa shape index (κ3) is 6.41. The summed E-state index contributed by atoms with van der Waals surface area (Å²) in [6, 6.07) is 11.5. The summed E-state index contributed by atoms with van der Waals surface area (Å²) in [7, 11) is 0. The monoisotopic (exact) mass is 389 g/mol. The number of esters is 2. The number of carbonyl (C=O) groups excluding carboxylic acids is 2. The molecule has 0 heterocycles. The molecule has 10 nitrogen and oxygen atoms in total. The lowest BCUT2D eigenvalue weighted by molar-refractivity contribution is -0.763. The van der Waals surface area contributed by atoms with E-state index in [2.05, 4.69) is 4.84 Å². The number of aromatic carboxylic acids is 1. The minimum atomic E-state index is -1.24. The van der Waals surface area contributed by atoms with Gasteiger partial charge < -0.3 is 19.4 Å². The SMILES string of the molecule is O=C(CCC(=O)Oc1ccccc1C(=O)O)Oc1ccc(CO[N+](=O)[O-])cc1. The molecular formula is C18H15NO9. The molecule has 0 atom stereocenters. The minimum Gasteiger partial charge on any atom is -0.478 e. The standard InChI is InChI=1S/C18H15NO9/c20-16(27-13-7-5-12(6-8-13)11-26-19(24)25)9-10-17(21)28-15-4-2-1-3-14(15)18(22)23/h1-8H,9-11H2,(H,22,23). The number of carboxylic acid groups (broad SMARTS) is 1. The highest BCUT2D eigenvalue weighted by Crippen LogP contribution is 2.19. The van der Waals surface area contributed by atoms with Gasteiger partial charge in [-0.1, -0.05) is 24.3 Å². The second-order valence-electron chi connectivity index (χ2n) is 5.39. The van der Waals surface area contributed by atoms with Crippen LogP contribution < -0.4 is 9.47 Å². The van der Waals surface area contributed by atoms with Gasteiger partial charge in [0.1, 0.15) is 23.7 Å². The fourth-order valence-corrected chi connectivity index (χ4v) is 2.07. The van der Waals surface area contributed by atoms with Crippen molar-refractivity contribution in [3.05, 3.63) is 69.8 Å². The summed E-state index contributed by atoms with van der Waals surface area (Å²) in [5, 5.41) is 18.2. The van der Waals surface area contributed by atoms with Crippen LogP contribution in [0.2, 0.25) is 0 Å². The third-order valence-corrected chi connectivity index (χ3v) is 3.37. The smallest absolute Gasteiger partial charge is 0.339 e. The van der Waals surface area contributed by atoms with Gasteiger partial charge in [0, 0.05) is 0 Å². The first kappa shape index (κ1) is 20.4. The molecule has 0 spiro atoms. The summed E-state index contributed by atoms with van der Waals surface area (Å²) in [5.74, 6) is -2.63. The van der Waals surface area contributed by atoms with Crippen molar-refractivity contribution in [2.24, 2.45) is 0 Å². The van der Waals surface area contributed by atoms with E-state index >= 15 is 0 Å². The van der Waals surface area contributed by atoms with E-state index in [9.17, 15) is 24.5 Å². The molecule has 0 unspecified atom stereocenters. The van der Waals surface area contributed by atoms with Crippen LogP contribution in [0.15, 0.2) is 48.5 Å². The molecule has 0 fully saturated rings. The number of hydrogen-bond acceptors (Lipinski definition) is 8. The molecule has 2 aromatic rings. The van der Waals surface area contributed by atoms with E-state index in [1.165, 1.54) is 48.5 Å². The Morgan fingerprint density at radius 1 is 0.929 bits per heavy atom. The largest absolute Gasteiger partial charge is 0.478 e. The van der Waals surface area contributed by atoms with Gasteiger partial charge >= 0.3 is 17.9 Å². The van der Waals surface area contributed by atoms with E-state index in [0.717, 1.165) is 0 Å². The van der Waals surface area contributed by atoms with E-state index in [1.807, 2.05) is 0 Å². The summed E-state index contributed by atoms with van der Waals surface area (Å²) in [6.07, 6.45) is -0.582. The second kappa shape index (κ2) is 9.67. The van der Waals surface area contributed by atoms with Gasteiger partial charge in [0.15, 0.2) is 0 Å². The maximum atomic E-state index is 11.8. The van der Waals surface area contributed by atoms with Gasteiger partial charge in [0.25, 0.3) is 5.09 Å². The van der Waals surface area contributed by atoms with Gasteiger partial charge in [0.05, 0.1) is 12.8 Å². The van der Waals surface area contributed by atoms with Gasteiger partial charge in [-0.3, -0.25) is 9.59 Å². The molecule has 2 aromatic carbocycles. The molecule has 10 heteroatoms. The number of nitrogens with zero attached hydrogens (tertiary/aromatic N) is 1. The van der Waals surface area contributed by atoms with E-state index in [4.69, 9.17) is 14.6 Å². The van der Waals surface area contributed by atoms with Crippen molar-refractivity contribution in [3.8, 4) is 11.5 Å². The van der Waals surface area contributed by atoms with Gasteiger partial charge in [-0.25, -0.2) is 4.79 Å². The molecule has 2 rings (SSSR count). The predicted octanol–water partition coefficient (Wildman–Crippen LogP) is 2.38. The number of rotatable bonds is 9. The van der Waals surface area contributed by atoms with Gasteiger partial charge in [-0.15, -0.1) is 10.1 Å². The lowest BCUT2D eigenvalue weighted by Gasteiger charge is -2.08. The molecule has 0 aromatic heterocycles. The first-order chi connectivity index (χ1) is 13.3. The summed E-state index contributed by atoms with van der Waals surface area (Å²) in [6.45, 7) is -0.231. The summed E-state index contributed by atoms with van der Waals surface area (Å²) < 4.78 is 10.0. The van der Waals surface area contributed by atoms with Crippen LogP contribution in [-0.4, -0.2) is 28.1 Å². The van der Waals surface area contributed by atoms with Crippen LogP contribution in [0.4, 0.5) is 0 Å². The Balaban J connectivity index is 1.81. The molecule has 0 radical (unpaired) electrons. The summed E-state index contributed by atoms with van der Waals surface area (Å²) in [5.41, 5.74) is 0.344. The molecule has 0 aliphatic heterocycles. The lowest BCUT2D eigenvalue weighted by Crippen LogP contribution is -2.15. The summed E-state index contributed by atoms with van der Waals surface area (Å²) in [4.78, 5) is 49.0. The second-order valence-corrected chi connectivity index (χ2v) is 5.39. The fraction of sp³-hybridized carbons (Fsp3) is 0.167. The number of carboxylic acids is 1. The number of ether oxygens (including phenoxy) is 2. The van der Waals surface area contributed by atoms with Crippen LogP contribution >= 0.6 is 0 Å². The Hall–Kier alpha value is -3.95. The van der Waals surface area contributed by atoms with Crippen LogP contribution in [0, 0.1) is 10.1 Å². The Morgan fingerprint density at radius 3 is 2.14 bits per heavy atom. The maximum Gasteiger partial charge on any atom is 0.339 e. The minimum absolute atomic E-state index is 0.110. The first-order valence-corrected chi connectivity index (χ1v) is 7.95. The Labute approximate surface area is 158 Å². The Morgan fingerprint density at radius 2 is 1.54 bits per heavy atom. The average molecular weight is 389 g/mol. The Kier molecular flexibility index (Phi) is 7.03. The average Bonchev–Trinajstić information content (AvgIpc) is 2.66. The third-order valence-electron chi connectivity index (χ3n) is 3.37. The van der Waals surface area contributed by atoms with Crippen LogP contribution in [0.5, 0.6) is 11.5 Å². The van der Waals surface area contributed by atoms with Crippen molar-refractivity contribution < 1.29 is 38.9 Å². The van der Waals surface area contributed by atoms with Gasteiger partial charge in [-0.2, -0.15) is 0 Å². The first-order valence-electron chi connectivity index (χ1n) is 7.95.